The van der Waals surface area contributed by atoms with Gasteiger partial charge in [-0.25, -0.2) is 8.42 Å². The summed E-state index contributed by atoms with van der Waals surface area (Å²) in [5.74, 6) is 0. The lowest BCUT2D eigenvalue weighted by Crippen LogP contribution is -2.13. The van der Waals surface area contributed by atoms with Crippen LogP contribution in [0.4, 0.5) is 5.69 Å². The zero-order chi connectivity index (χ0) is 16.8. The van der Waals surface area contributed by atoms with Crippen LogP contribution in [0.2, 0.25) is 10.0 Å². The highest BCUT2D eigenvalue weighted by Gasteiger charge is 2.21. The van der Waals surface area contributed by atoms with E-state index in [0.717, 1.165) is 12.0 Å². The molecule has 2 aromatic carbocycles. The van der Waals surface area contributed by atoms with Gasteiger partial charge in [0.15, 0.2) is 0 Å². The molecule has 3 rings (SSSR count). The van der Waals surface area contributed by atoms with Crippen molar-refractivity contribution in [2.75, 3.05) is 4.72 Å². The van der Waals surface area contributed by atoms with Gasteiger partial charge in [-0.2, -0.15) is 0 Å². The Morgan fingerprint density at radius 2 is 1.78 bits per heavy atom. The molecule has 0 saturated carbocycles. The fraction of sp³-hybridized carbons (Fsp3) is 0.176. The monoisotopic (exact) mass is 367 g/mol. The van der Waals surface area contributed by atoms with Crippen LogP contribution in [-0.4, -0.2) is 8.42 Å². The first-order chi connectivity index (χ1) is 10.8. The van der Waals surface area contributed by atoms with Crippen molar-refractivity contribution in [2.45, 2.75) is 25.2 Å². The second-order valence-corrected chi connectivity index (χ2v) is 8.13. The van der Waals surface area contributed by atoms with E-state index >= 15 is 0 Å². The van der Waals surface area contributed by atoms with Crippen molar-refractivity contribution in [3.05, 3.63) is 63.1 Å². The van der Waals surface area contributed by atoms with Crippen molar-refractivity contribution in [3.63, 3.8) is 0 Å². The molecule has 0 fully saturated rings. The van der Waals surface area contributed by atoms with Gasteiger partial charge in [-0.1, -0.05) is 34.8 Å². The fourth-order valence-electron chi connectivity index (χ4n) is 2.68. The second kappa shape index (κ2) is 5.86. The van der Waals surface area contributed by atoms with E-state index in [0.29, 0.717) is 10.7 Å². The van der Waals surface area contributed by atoms with Crippen LogP contribution in [0.15, 0.2) is 46.9 Å². The Hall–Kier alpha value is -1.49. The summed E-state index contributed by atoms with van der Waals surface area (Å²) in [6.07, 6.45) is 0.911. The molecule has 0 radical (unpaired) electrons. The van der Waals surface area contributed by atoms with Crippen molar-refractivity contribution < 1.29 is 8.42 Å². The van der Waals surface area contributed by atoms with Gasteiger partial charge in [0.25, 0.3) is 10.0 Å². The molecule has 0 bridgehead atoms. The number of fused-ring (bicyclic) bond motifs is 1. The molecule has 120 valence electrons. The van der Waals surface area contributed by atoms with Gasteiger partial charge in [0, 0.05) is 10.7 Å². The molecule has 6 heteroatoms. The third-order valence-corrected chi connectivity index (χ3v) is 6.14. The summed E-state index contributed by atoms with van der Waals surface area (Å²) in [7, 11) is -3.80. The molecule has 1 aliphatic carbocycles. The Balaban J connectivity index is 1.98. The first-order valence-corrected chi connectivity index (χ1v) is 9.29. The summed E-state index contributed by atoms with van der Waals surface area (Å²) in [4.78, 5) is -0.0318. The summed E-state index contributed by atoms with van der Waals surface area (Å²) >= 11 is 11.9. The zero-order valence-corrected chi connectivity index (χ0v) is 15.0. The van der Waals surface area contributed by atoms with Gasteiger partial charge in [-0.05, 0) is 67.3 Å². The summed E-state index contributed by atoms with van der Waals surface area (Å²) in [6, 6.07) is 9.94. The third-order valence-electron chi connectivity index (χ3n) is 4.04. The van der Waals surface area contributed by atoms with E-state index in [1.54, 1.807) is 12.1 Å². The maximum atomic E-state index is 12.6. The number of sulfonamides is 1. The number of benzene rings is 2. The fourth-order valence-corrected chi connectivity index (χ4v) is 4.50. The van der Waals surface area contributed by atoms with Crippen LogP contribution in [0.1, 0.15) is 25.0 Å². The average molecular weight is 368 g/mol. The van der Waals surface area contributed by atoms with Crippen LogP contribution >= 0.6 is 23.2 Å². The van der Waals surface area contributed by atoms with Crippen molar-refractivity contribution in [2.24, 2.45) is 0 Å². The van der Waals surface area contributed by atoms with Gasteiger partial charge in [-0.3, -0.25) is 4.72 Å². The summed E-state index contributed by atoms with van der Waals surface area (Å²) in [5, 5.41) is 0.452. The van der Waals surface area contributed by atoms with E-state index in [9.17, 15) is 8.42 Å². The minimum atomic E-state index is -3.80. The van der Waals surface area contributed by atoms with Crippen molar-refractivity contribution in [3.8, 4) is 0 Å². The van der Waals surface area contributed by atoms with Crippen molar-refractivity contribution in [1.82, 2.24) is 0 Å². The molecule has 0 spiro atoms. The highest BCUT2D eigenvalue weighted by atomic mass is 35.5. The largest absolute Gasteiger partial charge is 0.280 e. The molecule has 0 amide bonds. The van der Waals surface area contributed by atoms with Gasteiger partial charge in [0.2, 0.25) is 0 Å². The second-order valence-electron chi connectivity index (χ2n) is 5.63. The lowest BCUT2D eigenvalue weighted by Gasteiger charge is -2.11. The van der Waals surface area contributed by atoms with E-state index in [2.05, 4.69) is 11.6 Å². The molecule has 1 aliphatic rings. The SMILES string of the molecule is CC1=C(C)c2cc(NS(=O)(=O)c3cc(Cl)ccc3Cl)ccc2C1. The maximum absolute atomic E-state index is 12.6. The molecular weight excluding hydrogens is 353 g/mol. The number of hydrogen-bond donors (Lipinski definition) is 1. The first-order valence-electron chi connectivity index (χ1n) is 7.05. The Morgan fingerprint density at radius 3 is 2.52 bits per heavy atom. The maximum Gasteiger partial charge on any atom is 0.263 e. The molecule has 0 aromatic heterocycles. The quantitative estimate of drug-likeness (QED) is 0.815. The topological polar surface area (TPSA) is 46.2 Å². The normalized spacial score (nSPS) is 14.1. The van der Waals surface area contributed by atoms with Gasteiger partial charge in [0.05, 0.1) is 5.02 Å². The molecule has 1 N–H and O–H groups in total. The third kappa shape index (κ3) is 3.11. The standard InChI is InChI=1S/C17H15Cl2NO2S/c1-10-7-12-3-5-14(9-15(12)11(10)2)20-23(21,22)17-8-13(18)4-6-16(17)19/h3-6,8-9,20H,7H2,1-2H3. The molecule has 23 heavy (non-hydrogen) atoms. The van der Waals surface area contributed by atoms with Gasteiger partial charge < -0.3 is 0 Å². The van der Waals surface area contributed by atoms with Crippen molar-refractivity contribution >= 4 is 44.5 Å². The number of halogens is 2. The van der Waals surface area contributed by atoms with Crippen LogP contribution in [-0.2, 0) is 16.4 Å². The molecule has 0 heterocycles. The lowest BCUT2D eigenvalue weighted by atomic mass is 10.1. The number of allylic oxidation sites excluding steroid dienone is 2. The van der Waals surface area contributed by atoms with E-state index in [1.165, 1.54) is 28.8 Å². The predicted octanol–water partition coefficient (Wildman–Crippen LogP) is 5.14. The Labute approximate surface area is 146 Å². The van der Waals surface area contributed by atoms with Gasteiger partial charge in [-0.15, -0.1) is 0 Å². The smallest absolute Gasteiger partial charge is 0.263 e. The lowest BCUT2D eigenvalue weighted by molar-refractivity contribution is 0.601. The summed E-state index contributed by atoms with van der Waals surface area (Å²) < 4.78 is 27.7. The Bertz CT molecular complexity index is 934. The number of rotatable bonds is 3. The van der Waals surface area contributed by atoms with E-state index in [-0.39, 0.29) is 9.92 Å². The van der Waals surface area contributed by atoms with Crippen LogP contribution in [0.5, 0.6) is 0 Å². The number of anilines is 1. The summed E-state index contributed by atoms with van der Waals surface area (Å²) in [6.45, 7) is 4.14. The molecule has 0 atom stereocenters. The molecule has 0 saturated heterocycles. The minimum absolute atomic E-state index is 0.0318. The highest BCUT2D eigenvalue weighted by Crippen LogP contribution is 2.35. The first kappa shape index (κ1) is 16.4. The van der Waals surface area contributed by atoms with Gasteiger partial charge in [0.1, 0.15) is 4.90 Å². The van der Waals surface area contributed by atoms with Crippen LogP contribution in [0, 0.1) is 0 Å². The predicted molar refractivity (Wildman–Crippen MR) is 95.7 cm³/mol. The average Bonchev–Trinajstić information content (AvgIpc) is 2.76. The minimum Gasteiger partial charge on any atom is -0.280 e. The summed E-state index contributed by atoms with van der Waals surface area (Å²) in [5.41, 5.74) is 5.30. The van der Waals surface area contributed by atoms with Crippen LogP contribution < -0.4 is 4.72 Å². The Kier molecular flexibility index (Phi) is 4.17. The number of hydrogen-bond acceptors (Lipinski definition) is 2. The molecule has 2 aromatic rings. The molecule has 0 unspecified atom stereocenters. The molecule has 3 nitrogen and oxygen atoms in total. The van der Waals surface area contributed by atoms with E-state index in [4.69, 9.17) is 23.2 Å². The Morgan fingerprint density at radius 1 is 1.04 bits per heavy atom. The van der Waals surface area contributed by atoms with Gasteiger partial charge >= 0.3 is 0 Å². The number of nitrogens with one attached hydrogen (secondary N) is 1. The van der Waals surface area contributed by atoms with Crippen LogP contribution in [0.3, 0.4) is 0 Å². The van der Waals surface area contributed by atoms with E-state index in [1.807, 2.05) is 19.1 Å². The zero-order valence-electron chi connectivity index (χ0n) is 12.7. The molecule has 0 aliphatic heterocycles. The highest BCUT2D eigenvalue weighted by molar-refractivity contribution is 7.92. The van der Waals surface area contributed by atoms with Crippen molar-refractivity contribution in [1.29, 1.82) is 0 Å². The van der Waals surface area contributed by atoms with Crippen LogP contribution in [0.25, 0.3) is 5.57 Å². The molecular formula is C17H15Cl2NO2S. The van der Waals surface area contributed by atoms with E-state index < -0.39 is 10.0 Å².